The van der Waals surface area contributed by atoms with Crippen molar-refractivity contribution >= 4 is 22.7 Å². The van der Waals surface area contributed by atoms with Crippen molar-refractivity contribution in [3.05, 3.63) is 96.1 Å². The van der Waals surface area contributed by atoms with Crippen molar-refractivity contribution in [1.82, 2.24) is 20.3 Å². The fourth-order valence-corrected chi connectivity index (χ4v) is 3.55. The lowest BCUT2D eigenvalue weighted by Gasteiger charge is -2.12. The van der Waals surface area contributed by atoms with Crippen molar-refractivity contribution in [3.63, 3.8) is 0 Å². The zero-order valence-electron chi connectivity index (χ0n) is 17.7. The molecule has 7 heteroatoms. The monoisotopic (exact) mass is 424 g/mol. The van der Waals surface area contributed by atoms with Gasteiger partial charge < -0.3 is 16.0 Å². The fraction of sp³-hybridized carbons (Fsp3) is 0.120. The van der Waals surface area contributed by atoms with Gasteiger partial charge in [0.1, 0.15) is 12.0 Å². The molecular formula is C25H24N6O. The first-order valence-electron chi connectivity index (χ1n) is 10.3. The second-order valence-corrected chi connectivity index (χ2v) is 7.25. The number of fused-ring (bicyclic) bond motifs is 1. The maximum Gasteiger partial charge on any atom is 0.254 e. The van der Waals surface area contributed by atoms with Gasteiger partial charge in [0.05, 0.1) is 17.0 Å². The molecule has 160 valence electrons. The molecular weight excluding hydrogens is 400 g/mol. The number of rotatable bonds is 7. The third kappa shape index (κ3) is 4.57. The summed E-state index contributed by atoms with van der Waals surface area (Å²) in [5, 5.41) is 3.91. The van der Waals surface area contributed by atoms with E-state index in [1.54, 1.807) is 13.4 Å². The van der Waals surface area contributed by atoms with Crippen LogP contribution in [0.4, 0.5) is 0 Å². The van der Waals surface area contributed by atoms with Crippen LogP contribution in [0.2, 0.25) is 0 Å². The number of aromatic amines is 1. The second kappa shape index (κ2) is 9.70. The molecule has 0 aliphatic rings. The molecule has 4 aromatic rings. The summed E-state index contributed by atoms with van der Waals surface area (Å²) in [6, 6.07) is 19.8. The molecule has 0 aliphatic heterocycles. The predicted octanol–water partition coefficient (Wildman–Crippen LogP) is 3.40. The summed E-state index contributed by atoms with van der Waals surface area (Å²) in [7, 11) is 1.67. The molecule has 2 heterocycles. The number of H-pyrrole nitrogens is 1. The van der Waals surface area contributed by atoms with Crippen LogP contribution in [0.25, 0.3) is 22.3 Å². The number of nitrogens with zero attached hydrogens (tertiary/aromatic N) is 3. The number of carbonyl (C=O) groups excluding carboxylic acids is 1. The molecule has 1 amide bonds. The normalized spacial score (nSPS) is 12.2. The summed E-state index contributed by atoms with van der Waals surface area (Å²) in [4.78, 5) is 28.8. The lowest BCUT2D eigenvalue weighted by atomic mass is 10.0. The van der Waals surface area contributed by atoms with Gasteiger partial charge in [-0.25, -0.2) is 9.97 Å². The van der Waals surface area contributed by atoms with Gasteiger partial charge in [-0.3, -0.25) is 9.79 Å². The highest BCUT2D eigenvalue weighted by Gasteiger charge is 2.16. The Balaban J connectivity index is 1.42. The number of hydrogen-bond donors (Lipinski definition) is 3. The van der Waals surface area contributed by atoms with Crippen LogP contribution in [0.3, 0.4) is 0 Å². The number of hydrogen-bond acceptors (Lipinski definition) is 5. The molecule has 0 fully saturated rings. The van der Waals surface area contributed by atoms with Crippen LogP contribution in [0.15, 0.2) is 90.0 Å². The lowest BCUT2D eigenvalue weighted by molar-refractivity contribution is -0.117. The van der Waals surface area contributed by atoms with Crippen molar-refractivity contribution in [1.29, 1.82) is 0 Å². The molecule has 0 atom stereocenters. The summed E-state index contributed by atoms with van der Waals surface area (Å²) in [6.07, 6.45) is 5.25. The van der Waals surface area contributed by atoms with E-state index in [1.807, 2.05) is 66.9 Å². The van der Waals surface area contributed by atoms with E-state index in [2.05, 4.69) is 25.3 Å². The Labute approximate surface area is 186 Å². The van der Waals surface area contributed by atoms with Gasteiger partial charge in [-0.05, 0) is 17.2 Å². The van der Waals surface area contributed by atoms with E-state index >= 15 is 0 Å². The van der Waals surface area contributed by atoms with Crippen molar-refractivity contribution in [2.45, 2.75) is 13.0 Å². The number of carbonyl (C=O) groups is 1. The molecule has 0 aliphatic carbocycles. The Morgan fingerprint density at radius 3 is 2.56 bits per heavy atom. The number of amides is 1. The molecule has 0 spiro atoms. The molecule has 7 nitrogen and oxygen atoms in total. The van der Waals surface area contributed by atoms with E-state index in [9.17, 15) is 4.79 Å². The third-order valence-electron chi connectivity index (χ3n) is 5.24. The number of benzene rings is 2. The minimum atomic E-state index is -0.252. The standard InChI is InChI=1S/C25H24N6O/c1-27-22(13-17-5-3-2-4-6-17)21(14-26)25(32)29-15-18-7-9-19(10-8-18)23-20-11-12-28-24(20)31-16-30-23/h2-12,14,16H,13,15,26H2,1H3,(H,29,32)(H,28,30,31). The van der Waals surface area contributed by atoms with E-state index < -0.39 is 0 Å². The summed E-state index contributed by atoms with van der Waals surface area (Å²) >= 11 is 0. The Morgan fingerprint density at radius 1 is 1.06 bits per heavy atom. The number of aromatic nitrogens is 3. The van der Waals surface area contributed by atoms with Gasteiger partial charge in [0.2, 0.25) is 0 Å². The highest BCUT2D eigenvalue weighted by atomic mass is 16.1. The smallest absolute Gasteiger partial charge is 0.254 e. The zero-order valence-corrected chi connectivity index (χ0v) is 17.7. The average Bonchev–Trinajstić information content (AvgIpc) is 3.33. The van der Waals surface area contributed by atoms with Crippen LogP contribution in [-0.4, -0.2) is 33.6 Å². The van der Waals surface area contributed by atoms with E-state index in [-0.39, 0.29) is 5.91 Å². The van der Waals surface area contributed by atoms with E-state index in [0.717, 1.165) is 33.4 Å². The Hall–Kier alpha value is -4.26. The van der Waals surface area contributed by atoms with Crippen molar-refractivity contribution in [3.8, 4) is 11.3 Å². The largest absolute Gasteiger partial charge is 0.404 e. The third-order valence-corrected chi connectivity index (χ3v) is 5.24. The summed E-state index contributed by atoms with van der Waals surface area (Å²) in [5.41, 5.74) is 11.5. The molecule has 32 heavy (non-hydrogen) atoms. The van der Waals surface area contributed by atoms with Crippen LogP contribution in [-0.2, 0) is 17.8 Å². The van der Waals surface area contributed by atoms with E-state index in [0.29, 0.717) is 24.3 Å². The van der Waals surface area contributed by atoms with Crippen molar-refractivity contribution in [2.75, 3.05) is 7.05 Å². The average molecular weight is 425 g/mol. The van der Waals surface area contributed by atoms with Gasteiger partial charge in [0.15, 0.2) is 0 Å². The van der Waals surface area contributed by atoms with Crippen molar-refractivity contribution < 1.29 is 4.79 Å². The zero-order chi connectivity index (χ0) is 22.3. The SMILES string of the molecule is CN=C(Cc1ccccc1)C(=CN)C(=O)NCc1ccc(-c2ncnc3[nH]ccc23)cc1. The summed E-state index contributed by atoms with van der Waals surface area (Å²) in [6.45, 7) is 0.377. The molecule has 2 aromatic heterocycles. The number of aliphatic imine (C=N–C) groups is 1. The van der Waals surface area contributed by atoms with Crippen LogP contribution in [0.1, 0.15) is 11.1 Å². The van der Waals surface area contributed by atoms with Gasteiger partial charge in [-0.2, -0.15) is 0 Å². The topological polar surface area (TPSA) is 109 Å². The van der Waals surface area contributed by atoms with Gasteiger partial charge in [0.25, 0.3) is 5.91 Å². The van der Waals surface area contributed by atoms with Gasteiger partial charge in [0, 0.05) is 43.4 Å². The quantitative estimate of drug-likeness (QED) is 0.312. The molecule has 4 N–H and O–H groups in total. The minimum Gasteiger partial charge on any atom is -0.404 e. The second-order valence-electron chi connectivity index (χ2n) is 7.25. The Morgan fingerprint density at radius 2 is 1.84 bits per heavy atom. The van der Waals surface area contributed by atoms with Crippen LogP contribution >= 0.6 is 0 Å². The first kappa shape index (κ1) is 21.0. The lowest BCUT2D eigenvalue weighted by Crippen LogP contribution is -2.29. The fourth-order valence-electron chi connectivity index (χ4n) is 3.55. The molecule has 0 saturated carbocycles. The van der Waals surface area contributed by atoms with Gasteiger partial charge in [-0.1, -0.05) is 54.6 Å². The van der Waals surface area contributed by atoms with Crippen LogP contribution in [0.5, 0.6) is 0 Å². The molecule has 2 aromatic carbocycles. The Kier molecular flexibility index (Phi) is 6.36. The number of nitrogens with two attached hydrogens (primary N) is 1. The maximum atomic E-state index is 12.8. The van der Waals surface area contributed by atoms with Gasteiger partial charge >= 0.3 is 0 Å². The van der Waals surface area contributed by atoms with Crippen LogP contribution in [0, 0.1) is 0 Å². The van der Waals surface area contributed by atoms with E-state index in [4.69, 9.17) is 5.73 Å². The number of nitrogens with one attached hydrogen (secondary N) is 2. The molecule has 0 unspecified atom stereocenters. The molecule has 0 bridgehead atoms. The summed E-state index contributed by atoms with van der Waals surface area (Å²) < 4.78 is 0. The molecule has 0 saturated heterocycles. The maximum absolute atomic E-state index is 12.8. The molecule has 0 radical (unpaired) electrons. The minimum absolute atomic E-state index is 0.252. The highest BCUT2D eigenvalue weighted by molar-refractivity contribution is 6.22. The van der Waals surface area contributed by atoms with Gasteiger partial charge in [-0.15, -0.1) is 0 Å². The first-order valence-corrected chi connectivity index (χ1v) is 10.3. The van der Waals surface area contributed by atoms with Crippen LogP contribution < -0.4 is 11.1 Å². The first-order chi connectivity index (χ1) is 15.7. The predicted molar refractivity (Wildman–Crippen MR) is 127 cm³/mol. The summed E-state index contributed by atoms with van der Waals surface area (Å²) in [5.74, 6) is -0.252. The van der Waals surface area contributed by atoms with Crippen molar-refractivity contribution in [2.24, 2.45) is 10.7 Å². The highest BCUT2D eigenvalue weighted by Crippen LogP contribution is 2.24. The Bertz CT molecular complexity index is 1270. The molecule has 4 rings (SSSR count). The van der Waals surface area contributed by atoms with E-state index in [1.165, 1.54) is 6.20 Å².